The van der Waals surface area contributed by atoms with Crippen LogP contribution < -0.4 is 25.8 Å². The van der Waals surface area contributed by atoms with Gasteiger partial charge in [-0.1, -0.05) is 0 Å². The number of carbonyl (C=O) groups is 2. The largest absolute Gasteiger partial charge is 0.482 e. The smallest absolute Gasteiger partial charge is 0.414 e. The van der Waals surface area contributed by atoms with Crippen LogP contribution in [0.4, 0.5) is 20.6 Å². The van der Waals surface area contributed by atoms with Gasteiger partial charge in [0.1, 0.15) is 17.7 Å². The number of cyclic esters (lactones) is 1. The van der Waals surface area contributed by atoms with Gasteiger partial charge in [0.15, 0.2) is 6.61 Å². The van der Waals surface area contributed by atoms with Gasteiger partial charge in [-0.15, -0.1) is 0 Å². The third kappa shape index (κ3) is 3.38. The molecule has 2 atom stereocenters. The molecule has 0 unspecified atom stereocenters. The number of fused-ring (bicyclic) bond motifs is 1. The fourth-order valence-corrected chi connectivity index (χ4v) is 4.94. The van der Waals surface area contributed by atoms with Crippen molar-refractivity contribution in [3.8, 4) is 5.75 Å². The molecule has 1 aromatic heterocycles. The second-order valence-electron chi connectivity index (χ2n) is 8.66. The summed E-state index contributed by atoms with van der Waals surface area (Å²) in [4.78, 5) is 38.1. The van der Waals surface area contributed by atoms with Gasteiger partial charge in [-0.2, -0.15) is 0 Å². The number of hydrogen-bond acceptors (Lipinski definition) is 6. The highest BCUT2D eigenvalue weighted by atomic mass is 19.1. The number of carbonyl (C=O) groups excluding carboxylic acids is 2. The number of anilines is 2. The first-order chi connectivity index (χ1) is 16.5. The molecule has 0 saturated carbocycles. The van der Waals surface area contributed by atoms with Crippen molar-refractivity contribution in [1.29, 1.82) is 0 Å². The minimum atomic E-state index is -0.480. The van der Waals surface area contributed by atoms with Gasteiger partial charge in [-0.05, 0) is 48.2 Å². The van der Waals surface area contributed by atoms with E-state index in [1.165, 1.54) is 17.0 Å². The molecule has 6 rings (SSSR count). The molecule has 2 amide bonds. The Morgan fingerprint density at radius 3 is 2.82 bits per heavy atom. The summed E-state index contributed by atoms with van der Waals surface area (Å²) in [7, 11) is 0. The summed E-state index contributed by atoms with van der Waals surface area (Å²) in [5.41, 5.74) is 2.16. The second kappa shape index (κ2) is 7.84. The first-order valence-corrected chi connectivity index (χ1v) is 11.1. The summed E-state index contributed by atoms with van der Waals surface area (Å²) in [5, 5.41) is 6.85. The number of ether oxygens (including phenoxy) is 2. The first-order valence-electron chi connectivity index (χ1n) is 11.1. The van der Waals surface area contributed by atoms with E-state index < -0.39 is 12.2 Å². The van der Waals surface area contributed by atoms with E-state index >= 15 is 0 Å². The van der Waals surface area contributed by atoms with E-state index in [4.69, 9.17) is 9.47 Å². The lowest BCUT2D eigenvalue weighted by Crippen LogP contribution is -2.36. The predicted molar refractivity (Wildman–Crippen MR) is 122 cm³/mol. The fraction of sp³-hybridized carbons (Fsp3) is 0.292. The Morgan fingerprint density at radius 2 is 1.94 bits per heavy atom. The number of rotatable bonds is 5. The van der Waals surface area contributed by atoms with Gasteiger partial charge in [-0.3, -0.25) is 14.5 Å². The number of pyridine rings is 1. The van der Waals surface area contributed by atoms with Gasteiger partial charge >= 0.3 is 6.09 Å². The van der Waals surface area contributed by atoms with Crippen molar-refractivity contribution in [2.75, 3.05) is 36.5 Å². The summed E-state index contributed by atoms with van der Waals surface area (Å²) in [6, 6.07) is 11.3. The maximum absolute atomic E-state index is 14.4. The van der Waals surface area contributed by atoms with Crippen LogP contribution in [0.5, 0.6) is 5.75 Å². The van der Waals surface area contributed by atoms with E-state index in [-0.39, 0.29) is 29.9 Å². The summed E-state index contributed by atoms with van der Waals surface area (Å²) in [6.45, 7) is 1.11. The van der Waals surface area contributed by atoms with Crippen LogP contribution in [0.1, 0.15) is 11.6 Å². The average molecular weight is 464 g/mol. The van der Waals surface area contributed by atoms with Crippen LogP contribution in [0.2, 0.25) is 0 Å². The Morgan fingerprint density at radius 1 is 1.09 bits per heavy atom. The minimum Gasteiger partial charge on any atom is -0.482 e. The molecule has 4 heterocycles. The normalized spacial score (nSPS) is 20.8. The predicted octanol–water partition coefficient (Wildman–Crippen LogP) is 2.18. The Bertz CT molecular complexity index is 1400. The van der Waals surface area contributed by atoms with E-state index in [0.29, 0.717) is 54.3 Å². The van der Waals surface area contributed by atoms with E-state index in [2.05, 4.69) is 10.6 Å². The van der Waals surface area contributed by atoms with Crippen LogP contribution in [0.15, 0.2) is 47.3 Å². The van der Waals surface area contributed by atoms with Crippen LogP contribution in [0, 0.1) is 5.82 Å². The number of aromatic nitrogens is 1. The van der Waals surface area contributed by atoms with Crippen molar-refractivity contribution in [2.45, 2.75) is 18.6 Å². The van der Waals surface area contributed by atoms with Crippen molar-refractivity contribution in [2.24, 2.45) is 0 Å². The molecule has 1 fully saturated rings. The number of benzene rings is 2. The van der Waals surface area contributed by atoms with Crippen LogP contribution >= 0.6 is 0 Å². The highest BCUT2D eigenvalue weighted by Crippen LogP contribution is 2.34. The van der Waals surface area contributed by atoms with E-state index in [0.717, 1.165) is 5.39 Å². The molecule has 10 heteroatoms. The second-order valence-corrected chi connectivity index (χ2v) is 8.66. The van der Waals surface area contributed by atoms with Crippen LogP contribution in [-0.2, 0) is 16.0 Å². The molecular formula is C24H21FN4O5. The summed E-state index contributed by atoms with van der Waals surface area (Å²) in [5.74, 6) is -0.00536. The Balaban J connectivity index is 1.12. The van der Waals surface area contributed by atoms with Gasteiger partial charge in [0.05, 0.1) is 23.8 Å². The zero-order valence-electron chi connectivity index (χ0n) is 18.0. The van der Waals surface area contributed by atoms with Gasteiger partial charge < -0.3 is 24.7 Å². The highest BCUT2D eigenvalue weighted by molar-refractivity contribution is 5.97. The number of nitrogens with one attached hydrogen (secondary N) is 2. The topological polar surface area (TPSA) is 102 Å². The molecule has 0 radical (unpaired) electrons. The molecule has 2 aromatic carbocycles. The quantitative estimate of drug-likeness (QED) is 0.600. The van der Waals surface area contributed by atoms with E-state index in [9.17, 15) is 18.8 Å². The molecule has 174 valence electrons. The van der Waals surface area contributed by atoms with Crippen molar-refractivity contribution in [3.05, 3.63) is 64.2 Å². The molecule has 3 aliphatic rings. The Hall–Kier alpha value is -3.92. The van der Waals surface area contributed by atoms with E-state index in [1.807, 2.05) is 0 Å². The SMILES string of the molecule is O=C1COc2ccc(N3C[C@@H](CNC[C@@H]4Cc5c(F)ccc6ccc(=O)n4c56)OC3=O)cc2N1. The Labute approximate surface area is 193 Å². The number of nitrogens with zero attached hydrogens (tertiary/aromatic N) is 2. The van der Waals surface area contributed by atoms with Gasteiger partial charge in [-0.25, -0.2) is 9.18 Å². The van der Waals surface area contributed by atoms with Crippen molar-refractivity contribution < 1.29 is 23.5 Å². The molecule has 0 aliphatic carbocycles. The lowest BCUT2D eigenvalue weighted by Gasteiger charge is -2.20. The van der Waals surface area contributed by atoms with Gasteiger partial charge in [0, 0.05) is 30.4 Å². The van der Waals surface area contributed by atoms with Crippen LogP contribution in [-0.4, -0.2) is 48.9 Å². The molecule has 3 aliphatic heterocycles. The summed E-state index contributed by atoms with van der Waals surface area (Å²) in [6.07, 6.45) is -0.455. The standard InChI is InChI=1S/C24H21FN4O5/c25-18-4-1-13-2-6-22(31)29-15(7-17(18)23(13)29)9-26-10-16-11-28(24(32)34-16)14-3-5-20-19(8-14)27-21(30)12-33-20/h1-6,8,15-16,26H,7,9-12H2,(H,27,30)/t15-,16+/m0/s1. The molecule has 9 nitrogen and oxygen atoms in total. The van der Waals surface area contributed by atoms with Crippen molar-refractivity contribution in [1.82, 2.24) is 9.88 Å². The molecular weight excluding hydrogens is 443 g/mol. The zero-order chi connectivity index (χ0) is 23.4. The number of halogens is 1. The highest BCUT2D eigenvalue weighted by Gasteiger charge is 2.34. The minimum absolute atomic E-state index is 0.0365. The number of hydrogen-bond donors (Lipinski definition) is 2. The average Bonchev–Trinajstić information content (AvgIpc) is 3.39. The van der Waals surface area contributed by atoms with Crippen molar-refractivity contribution in [3.63, 3.8) is 0 Å². The molecule has 0 bridgehead atoms. The molecule has 1 saturated heterocycles. The van der Waals surface area contributed by atoms with Crippen LogP contribution in [0.25, 0.3) is 10.9 Å². The summed E-state index contributed by atoms with van der Waals surface area (Å²) >= 11 is 0. The van der Waals surface area contributed by atoms with Gasteiger partial charge in [0.2, 0.25) is 0 Å². The fourth-order valence-electron chi connectivity index (χ4n) is 4.94. The van der Waals surface area contributed by atoms with Crippen molar-refractivity contribution >= 4 is 34.3 Å². The molecule has 0 spiro atoms. The summed E-state index contributed by atoms with van der Waals surface area (Å²) < 4.78 is 26.9. The monoisotopic (exact) mass is 464 g/mol. The lowest BCUT2D eigenvalue weighted by molar-refractivity contribution is -0.118. The maximum Gasteiger partial charge on any atom is 0.414 e. The van der Waals surface area contributed by atoms with Crippen LogP contribution in [0.3, 0.4) is 0 Å². The third-order valence-corrected chi connectivity index (χ3v) is 6.48. The maximum atomic E-state index is 14.4. The first kappa shape index (κ1) is 20.7. The lowest BCUT2D eigenvalue weighted by atomic mass is 10.1. The zero-order valence-corrected chi connectivity index (χ0v) is 18.0. The Kier molecular flexibility index (Phi) is 4.77. The van der Waals surface area contributed by atoms with Gasteiger partial charge in [0.25, 0.3) is 11.5 Å². The molecule has 3 aromatic rings. The molecule has 34 heavy (non-hydrogen) atoms. The number of amides is 2. The third-order valence-electron chi connectivity index (χ3n) is 6.48. The van der Waals surface area contributed by atoms with E-state index in [1.54, 1.807) is 34.9 Å². The molecule has 2 N–H and O–H groups in total.